The van der Waals surface area contributed by atoms with E-state index in [2.05, 4.69) is 27.0 Å². The monoisotopic (exact) mass is 319 g/mol. The van der Waals surface area contributed by atoms with Gasteiger partial charge in [0.2, 0.25) is 0 Å². The number of fused-ring (bicyclic) bond motifs is 1. The highest BCUT2D eigenvalue weighted by Gasteiger charge is 2.30. The topological polar surface area (TPSA) is 64.6 Å². The first-order valence-electron chi connectivity index (χ1n) is 8.04. The number of carbonyl (C=O) groups excluding carboxylic acids is 1. The lowest BCUT2D eigenvalue weighted by Gasteiger charge is -2.35. The number of rotatable bonds is 1. The molecule has 0 spiro atoms. The molecule has 1 aliphatic carbocycles. The van der Waals surface area contributed by atoms with Crippen molar-refractivity contribution in [2.75, 3.05) is 32.7 Å². The fourth-order valence-electron chi connectivity index (χ4n) is 3.38. The third-order valence-corrected chi connectivity index (χ3v) is 5.79. The van der Waals surface area contributed by atoms with Gasteiger partial charge in [-0.2, -0.15) is 5.10 Å². The Hall–Kier alpha value is -1.50. The summed E-state index contributed by atoms with van der Waals surface area (Å²) >= 11 is 1.85. The molecule has 118 valence electrons. The molecule has 0 aromatic carbocycles. The average Bonchev–Trinajstić information content (AvgIpc) is 3.23. The molecule has 3 aliphatic rings. The SMILES string of the molecule is C[C@@H]1CN=C(N2CCN(C(=O)c3n[nH]c4c3CCC4)CC2)S1. The lowest BCUT2D eigenvalue weighted by molar-refractivity contribution is 0.0686. The summed E-state index contributed by atoms with van der Waals surface area (Å²) in [4.78, 5) is 21.5. The lowest BCUT2D eigenvalue weighted by atomic mass is 10.1. The summed E-state index contributed by atoms with van der Waals surface area (Å²) in [5, 5.41) is 9.03. The number of aliphatic imine (C=N–C) groups is 1. The second-order valence-corrected chi connectivity index (χ2v) is 7.62. The van der Waals surface area contributed by atoms with Crippen LogP contribution in [0, 0.1) is 0 Å². The van der Waals surface area contributed by atoms with Gasteiger partial charge in [-0.05, 0) is 19.3 Å². The maximum absolute atomic E-state index is 12.7. The molecule has 4 rings (SSSR count). The number of piperazine rings is 1. The van der Waals surface area contributed by atoms with Crippen molar-refractivity contribution in [3.8, 4) is 0 Å². The van der Waals surface area contributed by atoms with Gasteiger partial charge in [-0.3, -0.25) is 14.9 Å². The smallest absolute Gasteiger partial charge is 0.274 e. The zero-order chi connectivity index (χ0) is 15.1. The van der Waals surface area contributed by atoms with Gasteiger partial charge in [0.25, 0.3) is 5.91 Å². The second-order valence-electron chi connectivity index (χ2n) is 6.21. The molecular weight excluding hydrogens is 298 g/mol. The number of nitrogens with zero attached hydrogens (tertiary/aromatic N) is 4. The third-order valence-electron chi connectivity index (χ3n) is 4.64. The van der Waals surface area contributed by atoms with Crippen LogP contribution in [0.15, 0.2) is 4.99 Å². The Labute approximate surface area is 134 Å². The van der Waals surface area contributed by atoms with Gasteiger partial charge in [0.15, 0.2) is 10.9 Å². The van der Waals surface area contributed by atoms with Gasteiger partial charge in [0, 0.05) is 42.7 Å². The van der Waals surface area contributed by atoms with E-state index in [0.717, 1.165) is 68.4 Å². The minimum atomic E-state index is 0.0911. The van der Waals surface area contributed by atoms with E-state index in [-0.39, 0.29) is 5.91 Å². The van der Waals surface area contributed by atoms with Crippen LogP contribution in [0.2, 0.25) is 0 Å². The number of thioether (sulfide) groups is 1. The minimum Gasteiger partial charge on any atom is -0.348 e. The van der Waals surface area contributed by atoms with Crippen LogP contribution in [-0.4, -0.2) is 69.0 Å². The van der Waals surface area contributed by atoms with E-state index in [1.165, 1.54) is 0 Å². The molecule has 1 N–H and O–H groups in total. The molecule has 1 amide bonds. The van der Waals surface area contributed by atoms with Crippen LogP contribution in [0.4, 0.5) is 0 Å². The van der Waals surface area contributed by atoms with Crippen LogP contribution >= 0.6 is 11.8 Å². The molecular formula is C15H21N5OS. The van der Waals surface area contributed by atoms with E-state index in [4.69, 9.17) is 0 Å². The first-order chi connectivity index (χ1) is 10.7. The van der Waals surface area contributed by atoms with Crippen molar-refractivity contribution in [3.63, 3.8) is 0 Å². The Bertz CT molecular complexity index is 617. The minimum absolute atomic E-state index is 0.0911. The summed E-state index contributed by atoms with van der Waals surface area (Å²) in [6.07, 6.45) is 3.14. The van der Waals surface area contributed by atoms with Crippen LogP contribution in [-0.2, 0) is 12.8 Å². The maximum Gasteiger partial charge on any atom is 0.274 e. The van der Waals surface area contributed by atoms with Crippen LogP contribution in [0.5, 0.6) is 0 Å². The number of H-pyrrole nitrogens is 1. The summed E-state index contributed by atoms with van der Waals surface area (Å²) in [6.45, 7) is 6.38. The average molecular weight is 319 g/mol. The summed E-state index contributed by atoms with van der Waals surface area (Å²) in [6, 6.07) is 0. The van der Waals surface area contributed by atoms with Gasteiger partial charge >= 0.3 is 0 Å². The standard InChI is InChI=1S/C15H21N5OS/c1-10-9-16-15(22-10)20-7-5-19(6-8-20)14(21)13-11-3-2-4-12(11)17-18-13/h10H,2-9H2,1H3,(H,17,18)/t10-/m1/s1. The molecule has 1 aromatic rings. The quantitative estimate of drug-likeness (QED) is 0.843. The molecule has 0 radical (unpaired) electrons. The van der Waals surface area contributed by atoms with E-state index in [1.807, 2.05) is 16.7 Å². The van der Waals surface area contributed by atoms with Crippen molar-refractivity contribution in [2.24, 2.45) is 4.99 Å². The number of hydrogen-bond acceptors (Lipinski definition) is 5. The molecule has 6 nitrogen and oxygen atoms in total. The molecule has 1 fully saturated rings. The summed E-state index contributed by atoms with van der Waals surface area (Å²) in [5.74, 6) is 0.0911. The lowest BCUT2D eigenvalue weighted by Crippen LogP contribution is -2.50. The number of carbonyl (C=O) groups is 1. The summed E-state index contributed by atoms with van der Waals surface area (Å²) in [7, 11) is 0. The highest BCUT2D eigenvalue weighted by atomic mass is 32.2. The zero-order valence-corrected chi connectivity index (χ0v) is 13.7. The van der Waals surface area contributed by atoms with Gasteiger partial charge < -0.3 is 9.80 Å². The van der Waals surface area contributed by atoms with Crippen LogP contribution in [0.3, 0.4) is 0 Å². The molecule has 3 heterocycles. The molecule has 22 heavy (non-hydrogen) atoms. The maximum atomic E-state index is 12.7. The van der Waals surface area contributed by atoms with Crippen molar-refractivity contribution in [1.82, 2.24) is 20.0 Å². The molecule has 1 atom stereocenters. The fraction of sp³-hybridized carbons (Fsp3) is 0.667. The number of amidine groups is 1. The predicted octanol–water partition coefficient (Wildman–Crippen LogP) is 1.15. The van der Waals surface area contributed by atoms with Gasteiger partial charge in [-0.25, -0.2) is 0 Å². The Kier molecular flexibility index (Phi) is 3.60. The van der Waals surface area contributed by atoms with E-state index < -0.39 is 0 Å². The van der Waals surface area contributed by atoms with E-state index in [9.17, 15) is 4.79 Å². The summed E-state index contributed by atoms with van der Waals surface area (Å²) < 4.78 is 0. The Morgan fingerprint density at radius 3 is 2.82 bits per heavy atom. The molecule has 1 saturated heterocycles. The van der Waals surface area contributed by atoms with E-state index in [0.29, 0.717) is 10.9 Å². The summed E-state index contributed by atoms with van der Waals surface area (Å²) in [5.41, 5.74) is 2.96. The molecule has 0 saturated carbocycles. The van der Waals surface area contributed by atoms with E-state index in [1.54, 1.807) is 0 Å². The van der Waals surface area contributed by atoms with Crippen molar-refractivity contribution in [2.45, 2.75) is 31.4 Å². The number of amides is 1. The van der Waals surface area contributed by atoms with Gasteiger partial charge in [-0.1, -0.05) is 18.7 Å². The number of aromatic amines is 1. The molecule has 2 aliphatic heterocycles. The van der Waals surface area contributed by atoms with Gasteiger partial charge in [0.1, 0.15) is 0 Å². The highest BCUT2D eigenvalue weighted by Crippen LogP contribution is 2.26. The molecule has 7 heteroatoms. The molecule has 0 bridgehead atoms. The number of hydrogen-bond donors (Lipinski definition) is 1. The molecule has 0 unspecified atom stereocenters. The molecule has 1 aromatic heterocycles. The van der Waals surface area contributed by atoms with Crippen molar-refractivity contribution < 1.29 is 4.79 Å². The van der Waals surface area contributed by atoms with Crippen molar-refractivity contribution in [3.05, 3.63) is 17.0 Å². The van der Waals surface area contributed by atoms with Crippen LogP contribution in [0.25, 0.3) is 0 Å². The Morgan fingerprint density at radius 1 is 1.27 bits per heavy atom. The number of aromatic nitrogens is 2. The normalized spacial score (nSPS) is 24.6. The van der Waals surface area contributed by atoms with Crippen molar-refractivity contribution in [1.29, 1.82) is 0 Å². The van der Waals surface area contributed by atoms with E-state index >= 15 is 0 Å². The number of nitrogens with one attached hydrogen (secondary N) is 1. The number of aryl methyl sites for hydroxylation is 1. The van der Waals surface area contributed by atoms with Crippen molar-refractivity contribution >= 4 is 22.8 Å². The second kappa shape index (κ2) is 5.61. The highest BCUT2D eigenvalue weighted by molar-refractivity contribution is 8.14. The first-order valence-corrected chi connectivity index (χ1v) is 8.92. The first kappa shape index (κ1) is 14.1. The van der Waals surface area contributed by atoms with Crippen LogP contribution in [0.1, 0.15) is 35.1 Å². The fourth-order valence-corrected chi connectivity index (χ4v) is 4.37. The Balaban J connectivity index is 1.40. The zero-order valence-electron chi connectivity index (χ0n) is 12.8. The largest absolute Gasteiger partial charge is 0.348 e. The Morgan fingerprint density at radius 2 is 2.09 bits per heavy atom. The predicted molar refractivity (Wildman–Crippen MR) is 87.4 cm³/mol. The van der Waals surface area contributed by atoms with Gasteiger partial charge in [0.05, 0.1) is 6.54 Å². The third kappa shape index (κ3) is 2.41. The van der Waals surface area contributed by atoms with Crippen LogP contribution < -0.4 is 0 Å². The van der Waals surface area contributed by atoms with Gasteiger partial charge in [-0.15, -0.1) is 0 Å².